The lowest BCUT2D eigenvalue weighted by molar-refractivity contribution is 0.669. The van der Waals surface area contributed by atoms with Crippen molar-refractivity contribution in [2.45, 2.75) is 0 Å². The zero-order valence-corrected chi connectivity index (χ0v) is 28.4. The van der Waals surface area contributed by atoms with Crippen molar-refractivity contribution in [3.8, 4) is 33.4 Å². The Morgan fingerprint density at radius 2 is 0.904 bits per heavy atom. The lowest BCUT2D eigenvalue weighted by Crippen LogP contribution is -2.11. The van der Waals surface area contributed by atoms with E-state index in [4.69, 9.17) is 4.42 Å². The lowest BCUT2D eigenvalue weighted by atomic mass is 9.95. The molecular formula is C50H33NO. The molecule has 10 aromatic rings. The Morgan fingerprint density at radius 3 is 1.73 bits per heavy atom. The molecule has 0 fully saturated rings. The molecule has 1 heterocycles. The molecule has 10 rings (SSSR count). The quantitative estimate of drug-likeness (QED) is 0.176. The first-order chi connectivity index (χ1) is 25.8. The van der Waals surface area contributed by atoms with E-state index in [-0.39, 0.29) is 0 Å². The van der Waals surface area contributed by atoms with Crippen molar-refractivity contribution in [2.24, 2.45) is 0 Å². The molecule has 244 valence electrons. The van der Waals surface area contributed by atoms with Crippen LogP contribution in [0.15, 0.2) is 205 Å². The second-order valence-electron chi connectivity index (χ2n) is 13.4. The fourth-order valence-corrected chi connectivity index (χ4v) is 7.66. The van der Waals surface area contributed by atoms with Crippen LogP contribution in [0.5, 0.6) is 0 Å². The van der Waals surface area contributed by atoms with Crippen LogP contribution in [0.3, 0.4) is 0 Å². The zero-order valence-electron chi connectivity index (χ0n) is 28.4. The van der Waals surface area contributed by atoms with E-state index in [2.05, 4.69) is 205 Å². The van der Waals surface area contributed by atoms with Gasteiger partial charge in [-0.05, 0) is 110 Å². The summed E-state index contributed by atoms with van der Waals surface area (Å²) in [7, 11) is 0. The average molecular weight is 664 g/mol. The third kappa shape index (κ3) is 5.21. The van der Waals surface area contributed by atoms with Crippen LogP contribution < -0.4 is 4.90 Å². The number of hydrogen-bond donors (Lipinski definition) is 0. The molecule has 52 heavy (non-hydrogen) atoms. The zero-order chi connectivity index (χ0) is 34.4. The number of rotatable bonds is 6. The van der Waals surface area contributed by atoms with Gasteiger partial charge in [-0.15, -0.1) is 0 Å². The van der Waals surface area contributed by atoms with Crippen molar-refractivity contribution in [3.63, 3.8) is 0 Å². The van der Waals surface area contributed by atoms with E-state index in [0.717, 1.165) is 61.3 Å². The van der Waals surface area contributed by atoms with Crippen molar-refractivity contribution in [1.29, 1.82) is 0 Å². The molecule has 0 aliphatic heterocycles. The number of benzene rings is 9. The molecule has 0 radical (unpaired) electrons. The maximum Gasteiger partial charge on any atom is 0.136 e. The maximum atomic E-state index is 6.34. The van der Waals surface area contributed by atoms with Crippen LogP contribution in [-0.4, -0.2) is 0 Å². The number of furan rings is 1. The monoisotopic (exact) mass is 663 g/mol. The smallest absolute Gasteiger partial charge is 0.136 e. The van der Waals surface area contributed by atoms with Gasteiger partial charge in [-0.1, -0.05) is 140 Å². The number of hydrogen-bond acceptors (Lipinski definition) is 2. The highest BCUT2D eigenvalue weighted by Crippen LogP contribution is 2.44. The van der Waals surface area contributed by atoms with E-state index < -0.39 is 0 Å². The molecule has 0 amide bonds. The van der Waals surface area contributed by atoms with Gasteiger partial charge >= 0.3 is 0 Å². The van der Waals surface area contributed by atoms with Crippen molar-refractivity contribution in [1.82, 2.24) is 0 Å². The van der Waals surface area contributed by atoms with E-state index in [1.54, 1.807) is 0 Å². The first-order valence-corrected chi connectivity index (χ1v) is 17.8. The number of anilines is 3. The highest BCUT2D eigenvalue weighted by Gasteiger charge is 2.19. The van der Waals surface area contributed by atoms with Gasteiger partial charge in [-0.2, -0.15) is 0 Å². The topological polar surface area (TPSA) is 16.4 Å². The third-order valence-electron chi connectivity index (χ3n) is 10.2. The molecular weight excluding hydrogens is 631 g/mol. The Kier molecular flexibility index (Phi) is 7.18. The molecule has 1 aromatic heterocycles. The van der Waals surface area contributed by atoms with Crippen molar-refractivity contribution in [2.75, 3.05) is 4.90 Å². The summed E-state index contributed by atoms with van der Waals surface area (Å²) in [6.45, 7) is 0. The summed E-state index contributed by atoms with van der Waals surface area (Å²) >= 11 is 0. The van der Waals surface area contributed by atoms with E-state index in [9.17, 15) is 0 Å². The lowest BCUT2D eigenvalue weighted by Gasteiger charge is -2.28. The fraction of sp³-hybridized carbons (Fsp3) is 0. The molecule has 2 nitrogen and oxygen atoms in total. The van der Waals surface area contributed by atoms with Crippen LogP contribution in [0, 0.1) is 0 Å². The molecule has 0 N–H and O–H groups in total. The Hall–Kier alpha value is -6.90. The van der Waals surface area contributed by atoms with Crippen LogP contribution in [0.25, 0.3) is 76.9 Å². The van der Waals surface area contributed by atoms with Gasteiger partial charge < -0.3 is 9.32 Å². The van der Waals surface area contributed by atoms with Gasteiger partial charge in [0.25, 0.3) is 0 Å². The minimum atomic E-state index is 0.900. The highest BCUT2D eigenvalue weighted by molar-refractivity contribution is 6.19. The van der Waals surface area contributed by atoms with E-state index >= 15 is 0 Å². The predicted molar refractivity (Wildman–Crippen MR) is 220 cm³/mol. The predicted octanol–water partition coefficient (Wildman–Crippen LogP) is 14.4. The molecule has 0 bridgehead atoms. The Morgan fingerprint density at radius 1 is 0.327 bits per heavy atom. The summed E-state index contributed by atoms with van der Waals surface area (Å²) < 4.78 is 6.34. The summed E-state index contributed by atoms with van der Waals surface area (Å²) in [6, 6.07) is 71.8. The van der Waals surface area contributed by atoms with Crippen LogP contribution in [0.2, 0.25) is 0 Å². The minimum Gasteiger partial charge on any atom is -0.456 e. The molecule has 9 aromatic carbocycles. The standard InChI is InChI=1S/C50H33NO/c1-3-12-36(13-4-1)45-32-40(41-25-29-48-46(33-41)50-44-18-10-9-14-37(44)24-30-49(50)52-48)23-28-47(45)51(42-16-5-2-6-17-42)43-26-21-35(22-27-43)39-20-19-34-11-7-8-15-38(34)31-39/h1-33H. The third-order valence-corrected chi connectivity index (χ3v) is 10.2. The first kappa shape index (κ1) is 30.0. The van der Waals surface area contributed by atoms with Crippen molar-refractivity contribution < 1.29 is 4.42 Å². The summed E-state index contributed by atoms with van der Waals surface area (Å²) in [5.74, 6) is 0. The Balaban J connectivity index is 1.12. The number of nitrogens with zero attached hydrogens (tertiary/aromatic N) is 1. The van der Waals surface area contributed by atoms with Gasteiger partial charge in [0.05, 0.1) is 5.69 Å². The number of para-hydroxylation sites is 1. The molecule has 0 aliphatic rings. The highest BCUT2D eigenvalue weighted by atomic mass is 16.3. The second-order valence-corrected chi connectivity index (χ2v) is 13.4. The van der Waals surface area contributed by atoms with Gasteiger partial charge in [0.2, 0.25) is 0 Å². The molecule has 0 saturated heterocycles. The Labute approximate surface area is 302 Å². The first-order valence-electron chi connectivity index (χ1n) is 17.8. The van der Waals surface area contributed by atoms with E-state index in [1.807, 2.05) is 0 Å². The van der Waals surface area contributed by atoms with E-state index in [1.165, 1.54) is 32.7 Å². The van der Waals surface area contributed by atoms with Crippen molar-refractivity contribution >= 4 is 60.5 Å². The molecule has 0 aliphatic carbocycles. The fourth-order valence-electron chi connectivity index (χ4n) is 7.66. The van der Waals surface area contributed by atoms with Gasteiger partial charge in [-0.25, -0.2) is 0 Å². The molecule has 0 unspecified atom stereocenters. The largest absolute Gasteiger partial charge is 0.456 e. The van der Waals surface area contributed by atoms with Crippen LogP contribution in [0.1, 0.15) is 0 Å². The van der Waals surface area contributed by atoms with Crippen molar-refractivity contribution in [3.05, 3.63) is 200 Å². The van der Waals surface area contributed by atoms with E-state index in [0.29, 0.717) is 0 Å². The van der Waals surface area contributed by atoms with Gasteiger partial charge in [0.15, 0.2) is 0 Å². The van der Waals surface area contributed by atoms with Gasteiger partial charge in [-0.3, -0.25) is 0 Å². The van der Waals surface area contributed by atoms with Crippen LogP contribution >= 0.6 is 0 Å². The summed E-state index contributed by atoms with van der Waals surface area (Å²) in [5.41, 5.74) is 12.1. The average Bonchev–Trinajstić information content (AvgIpc) is 3.60. The maximum absolute atomic E-state index is 6.34. The number of fused-ring (bicyclic) bond motifs is 6. The van der Waals surface area contributed by atoms with Gasteiger partial charge in [0.1, 0.15) is 11.2 Å². The summed E-state index contributed by atoms with van der Waals surface area (Å²) in [4.78, 5) is 2.37. The Bertz CT molecular complexity index is 2890. The normalized spacial score (nSPS) is 11.5. The molecule has 2 heteroatoms. The van der Waals surface area contributed by atoms with Crippen LogP contribution in [0.4, 0.5) is 17.1 Å². The summed E-state index contributed by atoms with van der Waals surface area (Å²) in [5, 5.41) is 7.22. The summed E-state index contributed by atoms with van der Waals surface area (Å²) in [6.07, 6.45) is 0. The minimum absolute atomic E-state index is 0.900. The molecule has 0 saturated carbocycles. The van der Waals surface area contributed by atoms with Crippen LogP contribution in [-0.2, 0) is 0 Å². The SMILES string of the molecule is c1ccc(-c2cc(-c3ccc4oc5ccc6ccccc6c5c4c3)ccc2N(c2ccccc2)c2ccc(-c3ccc4ccccc4c3)cc2)cc1. The van der Waals surface area contributed by atoms with Gasteiger partial charge in [0, 0.05) is 27.7 Å². The molecule has 0 spiro atoms. The molecule has 0 atom stereocenters. The second kappa shape index (κ2) is 12.5.